The Morgan fingerprint density at radius 3 is 2.82 bits per heavy atom. The molecule has 5 nitrogen and oxygen atoms in total. The monoisotopic (exact) mass is 367 g/mol. The molecule has 1 aliphatic rings. The highest BCUT2D eigenvalue weighted by Gasteiger charge is 2.11. The van der Waals surface area contributed by atoms with Crippen LogP contribution < -0.4 is 5.73 Å². The third-order valence-electron chi connectivity index (χ3n) is 2.66. The zero-order chi connectivity index (χ0) is 11.4. The van der Waals surface area contributed by atoms with Gasteiger partial charge in [0.1, 0.15) is 0 Å². The van der Waals surface area contributed by atoms with Crippen LogP contribution in [-0.2, 0) is 13.6 Å². The predicted molar refractivity (Wildman–Crippen MR) is 82.8 cm³/mol. The second-order valence-corrected chi connectivity index (χ2v) is 4.94. The number of hydrogen-bond donors (Lipinski definition) is 1. The summed E-state index contributed by atoms with van der Waals surface area (Å²) in [5, 5.41) is 4.10. The Morgan fingerprint density at radius 1 is 1.53 bits per heavy atom. The lowest BCUT2D eigenvalue weighted by atomic mass is 10.4. The largest absolute Gasteiger partial charge is 0.370 e. The maximum absolute atomic E-state index is 5.95. The van der Waals surface area contributed by atoms with Crippen molar-refractivity contribution in [2.75, 3.05) is 24.6 Å². The Balaban J connectivity index is 0.00000144. The Kier molecular flexibility index (Phi) is 6.10. The summed E-state index contributed by atoms with van der Waals surface area (Å²) in [6, 6.07) is 1.96. The van der Waals surface area contributed by atoms with E-state index < -0.39 is 0 Å². The van der Waals surface area contributed by atoms with E-state index in [4.69, 9.17) is 5.73 Å². The van der Waals surface area contributed by atoms with Crippen LogP contribution in [0.2, 0.25) is 0 Å². The highest BCUT2D eigenvalue weighted by molar-refractivity contribution is 14.0. The number of aryl methyl sites for hydroxylation is 1. The molecule has 0 radical (unpaired) electrons. The molecule has 0 amide bonds. The fourth-order valence-corrected chi connectivity index (χ4v) is 2.51. The van der Waals surface area contributed by atoms with Crippen LogP contribution >= 0.6 is 35.7 Å². The molecule has 0 atom stereocenters. The van der Waals surface area contributed by atoms with Crippen molar-refractivity contribution in [2.45, 2.75) is 6.54 Å². The summed E-state index contributed by atoms with van der Waals surface area (Å²) >= 11 is 1.97. The van der Waals surface area contributed by atoms with Crippen molar-refractivity contribution in [2.24, 2.45) is 17.8 Å². The summed E-state index contributed by atoms with van der Waals surface area (Å²) in [4.78, 5) is 6.55. The van der Waals surface area contributed by atoms with Crippen LogP contribution in [0.1, 0.15) is 5.69 Å². The van der Waals surface area contributed by atoms with Crippen molar-refractivity contribution < 1.29 is 0 Å². The number of thioether (sulfide) groups is 1. The van der Waals surface area contributed by atoms with E-state index in [1.54, 1.807) is 6.20 Å². The van der Waals surface area contributed by atoms with Gasteiger partial charge in [-0.05, 0) is 6.07 Å². The van der Waals surface area contributed by atoms with Crippen molar-refractivity contribution in [1.29, 1.82) is 0 Å². The van der Waals surface area contributed by atoms with E-state index in [0.29, 0.717) is 12.5 Å². The SMILES string of the molecule is Cn1nccc1CN=C(N)N1CCSCC1.I. The second-order valence-electron chi connectivity index (χ2n) is 3.72. The molecule has 0 unspecified atom stereocenters. The number of hydrogen-bond acceptors (Lipinski definition) is 3. The third-order valence-corrected chi connectivity index (χ3v) is 3.60. The Morgan fingerprint density at radius 2 is 2.24 bits per heavy atom. The fraction of sp³-hybridized carbons (Fsp3) is 0.600. The van der Waals surface area contributed by atoms with Crippen molar-refractivity contribution in [3.63, 3.8) is 0 Å². The van der Waals surface area contributed by atoms with Crippen molar-refractivity contribution in [1.82, 2.24) is 14.7 Å². The van der Waals surface area contributed by atoms with Crippen LogP contribution in [0.5, 0.6) is 0 Å². The van der Waals surface area contributed by atoms with Crippen LogP contribution in [0.4, 0.5) is 0 Å². The molecular weight excluding hydrogens is 349 g/mol. The van der Waals surface area contributed by atoms with Crippen LogP contribution in [0.3, 0.4) is 0 Å². The molecule has 1 aromatic rings. The van der Waals surface area contributed by atoms with Gasteiger partial charge in [-0.1, -0.05) is 0 Å². The number of aliphatic imine (C=N–C) groups is 1. The van der Waals surface area contributed by atoms with E-state index >= 15 is 0 Å². The average molecular weight is 367 g/mol. The molecule has 2 rings (SSSR count). The molecule has 0 bridgehead atoms. The van der Waals surface area contributed by atoms with E-state index in [0.717, 1.165) is 30.3 Å². The molecule has 0 aromatic carbocycles. The van der Waals surface area contributed by atoms with E-state index in [1.165, 1.54) is 0 Å². The van der Waals surface area contributed by atoms with E-state index in [9.17, 15) is 0 Å². The summed E-state index contributed by atoms with van der Waals surface area (Å²) in [6.07, 6.45) is 1.78. The van der Waals surface area contributed by atoms with Crippen LogP contribution in [0, 0.1) is 0 Å². The van der Waals surface area contributed by atoms with Gasteiger partial charge >= 0.3 is 0 Å². The number of guanidine groups is 1. The van der Waals surface area contributed by atoms with Gasteiger partial charge in [0.15, 0.2) is 5.96 Å². The Bertz CT molecular complexity index is 373. The topological polar surface area (TPSA) is 59.4 Å². The van der Waals surface area contributed by atoms with E-state index in [2.05, 4.69) is 15.0 Å². The maximum Gasteiger partial charge on any atom is 0.191 e. The van der Waals surface area contributed by atoms with Crippen molar-refractivity contribution in [3.05, 3.63) is 18.0 Å². The summed E-state index contributed by atoms with van der Waals surface area (Å²) in [5.41, 5.74) is 7.03. The lowest BCUT2D eigenvalue weighted by Crippen LogP contribution is -2.42. The minimum absolute atomic E-state index is 0. The average Bonchev–Trinajstić information content (AvgIpc) is 2.73. The summed E-state index contributed by atoms with van der Waals surface area (Å²) in [7, 11) is 1.92. The molecule has 1 aromatic heterocycles. The molecule has 0 saturated carbocycles. The first-order valence-corrected chi connectivity index (χ1v) is 6.52. The molecule has 96 valence electrons. The molecule has 17 heavy (non-hydrogen) atoms. The minimum atomic E-state index is 0. The molecule has 7 heteroatoms. The van der Waals surface area contributed by atoms with Crippen LogP contribution in [-0.4, -0.2) is 45.2 Å². The number of nitrogens with two attached hydrogens (primary N) is 1. The first-order valence-electron chi connectivity index (χ1n) is 5.37. The van der Waals surface area contributed by atoms with Crippen molar-refractivity contribution in [3.8, 4) is 0 Å². The Hall–Kier alpha value is -0.440. The highest BCUT2D eigenvalue weighted by atomic mass is 127. The smallest absolute Gasteiger partial charge is 0.191 e. The van der Waals surface area contributed by atoms with Gasteiger partial charge in [0.05, 0.1) is 12.2 Å². The standard InChI is InChI=1S/C10H17N5S.HI/c1-14-9(2-3-13-14)8-12-10(11)15-4-6-16-7-5-15;/h2-3H,4-8H2,1H3,(H2,11,12);1H. The fourth-order valence-electron chi connectivity index (χ4n) is 1.61. The lowest BCUT2D eigenvalue weighted by molar-refractivity contribution is 0.455. The van der Waals surface area contributed by atoms with Gasteiger partial charge in [-0.25, -0.2) is 4.99 Å². The van der Waals surface area contributed by atoms with Gasteiger partial charge in [0.2, 0.25) is 0 Å². The Labute approximate surface area is 123 Å². The third kappa shape index (κ3) is 4.06. The lowest BCUT2D eigenvalue weighted by Gasteiger charge is -2.27. The quantitative estimate of drug-likeness (QED) is 0.480. The molecular formula is C10H18IN5S. The maximum atomic E-state index is 5.95. The molecule has 1 aliphatic heterocycles. The van der Waals surface area contributed by atoms with Gasteiger partial charge in [-0.3, -0.25) is 4.68 Å². The zero-order valence-corrected chi connectivity index (χ0v) is 13.0. The van der Waals surface area contributed by atoms with E-state index in [-0.39, 0.29) is 24.0 Å². The molecule has 2 N–H and O–H groups in total. The van der Waals surface area contributed by atoms with Gasteiger partial charge in [0.25, 0.3) is 0 Å². The second kappa shape index (κ2) is 7.10. The van der Waals surface area contributed by atoms with Gasteiger partial charge in [-0.2, -0.15) is 16.9 Å². The molecule has 0 aliphatic carbocycles. The highest BCUT2D eigenvalue weighted by Crippen LogP contribution is 2.09. The first-order chi connectivity index (χ1) is 7.77. The van der Waals surface area contributed by atoms with E-state index in [1.807, 2.05) is 29.6 Å². The number of halogens is 1. The number of rotatable bonds is 2. The predicted octanol–water partition coefficient (Wildman–Crippen LogP) is 0.902. The summed E-state index contributed by atoms with van der Waals surface area (Å²) < 4.78 is 1.82. The number of nitrogens with zero attached hydrogens (tertiary/aromatic N) is 4. The van der Waals surface area contributed by atoms with Gasteiger partial charge in [0, 0.05) is 37.8 Å². The number of aromatic nitrogens is 2. The van der Waals surface area contributed by atoms with Crippen molar-refractivity contribution >= 4 is 41.7 Å². The molecule has 1 fully saturated rings. The van der Waals surface area contributed by atoms with Gasteiger partial charge < -0.3 is 10.6 Å². The molecule has 1 saturated heterocycles. The van der Waals surface area contributed by atoms with Gasteiger partial charge in [-0.15, -0.1) is 24.0 Å². The molecule has 2 heterocycles. The molecule has 0 spiro atoms. The zero-order valence-electron chi connectivity index (χ0n) is 9.87. The normalized spacial score (nSPS) is 16.8. The van der Waals surface area contributed by atoms with Crippen LogP contribution in [0.15, 0.2) is 17.3 Å². The first kappa shape index (κ1) is 14.6. The minimum Gasteiger partial charge on any atom is -0.370 e. The summed E-state index contributed by atoms with van der Waals surface area (Å²) in [6.45, 7) is 2.61. The summed E-state index contributed by atoms with van der Waals surface area (Å²) in [5.74, 6) is 2.94. The van der Waals surface area contributed by atoms with Crippen LogP contribution in [0.25, 0.3) is 0 Å².